The normalized spacial score (nSPS) is 11.7. The van der Waals surface area contributed by atoms with Crippen LogP contribution in [0.15, 0.2) is 29.2 Å². The van der Waals surface area contributed by atoms with Gasteiger partial charge in [0, 0.05) is 17.9 Å². The van der Waals surface area contributed by atoms with E-state index in [9.17, 15) is 9.59 Å². The zero-order chi connectivity index (χ0) is 15.0. The van der Waals surface area contributed by atoms with Crippen molar-refractivity contribution < 1.29 is 19.4 Å². The maximum atomic E-state index is 11.6. The van der Waals surface area contributed by atoms with Crippen LogP contribution in [0.1, 0.15) is 13.3 Å². The molecule has 0 aromatic heterocycles. The summed E-state index contributed by atoms with van der Waals surface area (Å²) in [7, 11) is 1.61. The molecule has 2 N–H and O–H groups in total. The number of aliphatic carboxylic acids is 1. The summed E-state index contributed by atoms with van der Waals surface area (Å²) < 4.78 is 5.05. The highest BCUT2D eigenvalue weighted by atomic mass is 32.2. The van der Waals surface area contributed by atoms with Crippen molar-refractivity contribution in [2.75, 3.05) is 19.4 Å². The van der Waals surface area contributed by atoms with Crippen LogP contribution >= 0.6 is 11.8 Å². The van der Waals surface area contributed by atoms with Crippen molar-refractivity contribution in [2.45, 2.75) is 18.2 Å². The fourth-order valence-electron chi connectivity index (χ4n) is 1.53. The second-order valence-electron chi connectivity index (χ2n) is 4.47. The molecule has 0 fully saturated rings. The highest BCUT2D eigenvalue weighted by molar-refractivity contribution is 8.00. The van der Waals surface area contributed by atoms with Crippen molar-refractivity contribution in [2.24, 2.45) is 5.92 Å². The summed E-state index contributed by atoms with van der Waals surface area (Å²) in [5.74, 6) is 0.0812. The van der Waals surface area contributed by atoms with Crippen LogP contribution in [0, 0.1) is 5.92 Å². The molecule has 5 nitrogen and oxygen atoms in total. The van der Waals surface area contributed by atoms with Crippen LogP contribution < -0.4 is 10.1 Å². The first-order valence-corrected chi connectivity index (χ1v) is 7.25. The lowest BCUT2D eigenvalue weighted by Crippen LogP contribution is -2.30. The van der Waals surface area contributed by atoms with Crippen LogP contribution in [0.5, 0.6) is 5.75 Å². The quantitative estimate of drug-likeness (QED) is 0.718. The van der Waals surface area contributed by atoms with Gasteiger partial charge in [-0.3, -0.25) is 9.59 Å². The van der Waals surface area contributed by atoms with E-state index in [-0.39, 0.29) is 18.2 Å². The summed E-state index contributed by atoms with van der Waals surface area (Å²) in [6.07, 6.45) is 0.0614. The molecule has 0 radical (unpaired) electrons. The fraction of sp³-hybridized carbons (Fsp3) is 0.429. The van der Waals surface area contributed by atoms with Crippen LogP contribution in [-0.4, -0.2) is 36.4 Å². The third-order valence-corrected chi connectivity index (χ3v) is 3.61. The van der Waals surface area contributed by atoms with E-state index < -0.39 is 5.97 Å². The standard InChI is InChI=1S/C14H19NO4S/c1-10(7-14(17)18)8-15-13(16)9-20-12-5-3-11(19-2)4-6-12/h3-6,10H,7-9H2,1-2H3,(H,15,16)(H,17,18). The van der Waals surface area contributed by atoms with Crippen LogP contribution in [0.4, 0.5) is 0 Å². The van der Waals surface area contributed by atoms with Crippen molar-refractivity contribution in [1.29, 1.82) is 0 Å². The fourth-order valence-corrected chi connectivity index (χ4v) is 2.26. The summed E-state index contributed by atoms with van der Waals surface area (Å²) in [6.45, 7) is 2.18. The van der Waals surface area contributed by atoms with Crippen LogP contribution in [-0.2, 0) is 9.59 Å². The van der Waals surface area contributed by atoms with Gasteiger partial charge in [-0.05, 0) is 30.2 Å². The number of hydrogen-bond acceptors (Lipinski definition) is 4. The highest BCUT2D eigenvalue weighted by Crippen LogP contribution is 2.20. The molecule has 6 heteroatoms. The first-order valence-electron chi connectivity index (χ1n) is 6.26. The zero-order valence-corrected chi connectivity index (χ0v) is 12.4. The van der Waals surface area contributed by atoms with Gasteiger partial charge in [0.2, 0.25) is 5.91 Å². The van der Waals surface area contributed by atoms with Crippen LogP contribution in [0.25, 0.3) is 0 Å². The van der Waals surface area contributed by atoms with Gasteiger partial charge in [-0.2, -0.15) is 0 Å². The SMILES string of the molecule is COc1ccc(SCC(=O)NCC(C)CC(=O)O)cc1. The minimum absolute atomic E-state index is 0.0614. The summed E-state index contributed by atoms with van der Waals surface area (Å²) >= 11 is 1.43. The van der Waals surface area contributed by atoms with Gasteiger partial charge in [0.1, 0.15) is 5.75 Å². The van der Waals surface area contributed by atoms with Gasteiger partial charge in [0.25, 0.3) is 0 Å². The van der Waals surface area contributed by atoms with Crippen molar-refractivity contribution >= 4 is 23.6 Å². The van der Waals surface area contributed by atoms with E-state index in [1.165, 1.54) is 11.8 Å². The molecule has 0 aliphatic heterocycles. The third kappa shape index (κ3) is 6.47. The van der Waals surface area contributed by atoms with Crippen LogP contribution in [0.3, 0.4) is 0 Å². The minimum Gasteiger partial charge on any atom is -0.497 e. The molecule has 0 bridgehead atoms. The molecular weight excluding hydrogens is 278 g/mol. The molecule has 0 heterocycles. The van der Waals surface area contributed by atoms with Crippen molar-refractivity contribution in [3.8, 4) is 5.75 Å². The second-order valence-corrected chi connectivity index (χ2v) is 5.52. The van der Waals surface area contributed by atoms with Gasteiger partial charge in [-0.25, -0.2) is 0 Å². The average Bonchev–Trinajstić information content (AvgIpc) is 2.42. The number of carbonyl (C=O) groups excluding carboxylic acids is 1. The van der Waals surface area contributed by atoms with E-state index in [0.717, 1.165) is 10.6 Å². The number of nitrogens with one attached hydrogen (secondary N) is 1. The Balaban J connectivity index is 2.26. The van der Waals surface area contributed by atoms with E-state index >= 15 is 0 Å². The molecule has 0 aliphatic rings. The molecule has 0 spiro atoms. The van der Waals surface area contributed by atoms with E-state index in [0.29, 0.717) is 12.3 Å². The summed E-state index contributed by atoms with van der Waals surface area (Å²) in [4.78, 5) is 23.1. The Morgan fingerprint density at radius 3 is 2.55 bits per heavy atom. The molecule has 1 aromatic carbocycles. The molecule has 1 unspecified atom stereocenters. The second kappa shape index (κ2) is 8.47. The Bertz CT molecular complexity index is 447. The van der Waals surface area contributed by atoms with Gasteiger partial charge >= 0.3 is 5.97 Å². The van der Waals surface area contributed by atoms with Crippen molar-refractivity contribution in [3.63, 3.8) is 0 Å². The maximum Gasteiger partial charge on any atom is 0.303 e. The monoisotopic (exact) mass is 297 g/mol. The molecule has 110 valence electrons. The third-order valence-electron chi connectivity index (χ3n) is 2.60. The Morgan fingerprint density at radius 2 is 2.00 bits per heavy atom. The van der Waals surface area contributed by atoms with Gasteiger partial charge in [0.15, 0.2) is 0 Å². The van der Waals surface area contributed by atoms with Gasteiger partial charge < -0.3 is 15.2 Å². The number of benzene rings is 1. The van der Waals surface area contributed by atoms with Crippen molar-refractivity contribution in [3.05, 3.63) is 24.3 Å². The van der Waals surface area contributed by atoms with Gasteiger partial charge in [-0.15, -0.1) is 11.8 Å². The average molecular weight is 297 g/mol. The van der Waals surface area contributed by atoms with E-state index in [4.69, 9.17) is 9.84 Å². The molecule has 1 aromatic rings. The number of carboxylic acids is 1. The number of amides is 1. The number of thioether (sulfide) groups is 1. The Morgan fingerprint density at radius 1 is 1.35 bits per heavy atom. The first kappa shape index (κ1) is 16.4. The van der Waals surface area contributed by atoms with Crippen LogP contribution in [0.2, 0.25) is 0 Å². The Kier molecular flexibility index (Phi) is 6.93. The minimum atomic E-state index is -0.848. The lowest BCUT2D eigenvalue weighted by atomic mass is 10.1. The maximum absolute atomic E-state index is 11.6. The summed E-state index contributed by atoms with van der Waals surface area (Å²) in [5.41, 5.74) is 0. The first-order chi connectivity index (χ1) is 9.51. The van der Waals surface area contributed by atoms with E-state index in [1.807, 2.05) is 24.3 Å². The summed E-state index contributed by atoms with van der Waals surface area (Å²) in [5, 5.41) is 11.3. The molecule has 0 saturated heterocycles. The Labute approximate surface area is 122 Å². The number of hydrogen-bond donors (Lipinski definition) is 2. The molecule has 1 amide bonds. The number of ether oxygens (including phenoxy) is 1. The zero-order valence-electron chi connectivity index (χ0n) is 11.6. The number of carbonyl (C=O) groups is 2. The Hall–Kier alpha value is -1.69. The van der Waals surface area contributed by atoms with Gasteiger partial charge in [-0.1, -0.05) is 6.92 Å². The van der Waals surface area contributed by atoms with Gasteiger partial charge in [0.05, 0.1) is 12.9 Å². The molecule has 1 rings (SSSR count). The molecule has 0 saturated carbocycles. The predicted molar refractivity (Wildman–Crippen MR) is 78.1 cm³/mol. The summed E-state index contributed by atoms with van der Waals surface area (Å²) in [6, 6.07) is 7.47. The van der Waals surface area contributed by atoms with Crippen molar-refractivity contribution in [1.82, 2.24) is 5.32 Å². The number of rotatable bonds is 8. The van der Waals surface area contributed by atoms with E-state index in [1.54, 1.807) is 14.0 Å². The van der Waals surface area contributed by atoms with E-state index in [2.05, 4.69) is 5.32 Å². The molecule has 0 aliphatic carbocycles. The lowest BCUT2D eigenvalue weighted by Gasteiger charge is -2.10. The molecule has 1 atom stereocenters. The highest BCUT2D eigenvalue weighted by Gasteiger charge is 2.09. The molecular formula is C14H19NO4S. The topological polar surface area (TPSA) is 75.6 Å². The molecule has 20 heavy (non-hydrogen) atoms. The largest absolute Gasteiger partial charge is 0.497 e. The number of methoxy groups -OCH3 is 1. The lowest BCUT2D eigenvalue weighted by molar-refractivity contribution is -0.138. The smallest absolute Gasteiger partial charge is 0.303 e. The number of carboxylic acid groups (broad SMARTS) is 1. The predicted octanol–water partition coefficient (Wildman–Crippen LogP) is 2.01.